The first-order chi connectivity index (χ1) is 14.0. The Hall–Kier alpha value is -2.66. The van der Waals surface area contributed by atoms with Gasteiger partial charge in [-0.05, 0) is 44.2 Å². The lowest BCUT2D eigenvalue weighted by molar-refractivity contribution is -0.150. The van der Waals surface area contributed by atoms with Gasteiger partial charge >= 0.3 is 5.97 Å². The van der Waals surface area contributed by atoms with Crippen molar-refractivity contribution in [1.82, 2.24) is 10.6 Å². The molecular weight excluding hydrogens is 364 g/mol. The second kappa shape index (κ2) is 9.23. The van der Waals surface area contributed by atoms with Gasteiger partial charge in [-0.15, -0.1) is 0 Å². The van der Waals surface area contributed by atoms with E-state index < -0.39 is 5.54 Å². The summed E-state index contributed by atoms with van der Waals surface area (Å²) < 4.78 is 5.28. The molecule has 1 amide bonds. The molecule has 1 aliphatic rings. The molecule has 29 heavy (non-hydrogen) atoms. The van der Waals surface area contributed by atoms with Crippen LogP contribution in [0.5, 0.6) is 0 Å². The molecule has 0 spiro atoms. The number of benzene rings is 2. The standard InChI is InChI=1S/C24H30N2O3/c1-3-29-22(28)23(2,17-19-11-6-4-7-12-19)25-18-21(27)26-24(15-10-16-24)20-13-8-5-9-14-20/h4-9,11-14,25H,3,10,15-18H2,1-2H3,(H,26,27)/t23-/m1/s1. The molecule has 2 aromatic carbocycles. The first-order valence-corrected chi connectivity index (χ1v) is 10.3. The maximum absolute atomic E-state index is 12.8. The quantitative estimate of drug-likeness (QED) is 0.640. The third kappa shape index (κ3) is 5.04. The molecule has 1 aliphatic carbocycles. The van der Waals surface area contributed by atoms with E-state index in [4.69, 9.17) is 4.74 Å². The predicted octanol–water partition coefficient (Wildman–Crippen LogP) is 3.34. The van der Waals surface area contributed by atoms with E-state index in [0.29, 0.717) is 13.0 Å². The molecule has 3 rings (SSSR count). The van der Waals surface area contributed by atoms with E-state index in [1.807, 2.05) is 48.5 Å². The average Bonchev–Trinajstić information content (AvgIpc) is 2.71. The van der Waals surface area contributed by atoms with Crippen LogP contribution in [-0.2, 0) is 26.3 Å². The number of ether oxygens (including phenoxy) is 1. The van der Waals surface area contributed by atoms with Crippen LogP contribution in [0.2, 0.25) is 0 Å². The molecule has 0 heterocycles. The Kier molecular flexibility index (Phi) is 6.70. The van der Waals surface area contributed by atoms with Gasteiger partial charge in [-0.2, -0.15) is 0 Å². The molecule has 2 aromatic rings. The fourth-order valence-corrected chi connectivity index (χ4v) is 3.86. The van der Waals surface area contributed by atoms with E-state index >= 15 is 0 Å². The molecule has 2 N–H and O–H groups in total. The molecule has 0 bridgehead atoms. The van der Waals surface area contributed by atoms with Crippen molar-refractivity contribution in [3.05, 3.63) is 71.8 Å². The van der Waals surface area contributed by atoms with Crippen LogP contribution >= 0.6 is 0 Å². The molecule has 5 nitrogen and oxygen atoms in total. The Bertz CT molecular complexity index is 819. The van der Waals surface area contributed by atoms with Crippen LogP contribution in [0.15, 0.2) is 60.7 Å². The van der Waals surface area contributed by atoms with E-state index in [-0.39, 0.29) is 24.0 Å². The minimum absolute atomic E-state index is 0.0523. The van der Waals surface area contributed by atoms with Crippen LogP contribution in [0.4, 0.5) is 0 Å². The summed E-state index contributed by atoms with van der Waals surface area (Å²) in [5.74, 6) is -0.463. The van der Waals surface area contributed by atoms with Crippen molar-refractivity contribution in [2.24, 2.45) is 0 Å². The fourth-order valence-electron chi connectivity index (χ4n) is 3.86. The number of carbonyl (C=O) groups is 2. The Morgan fingerprint density at radius 3 is 2.21 bits per heavy atom. The maximum Gasteiger partial charge on any atom is 0.326 e. The van der Waals surface area contributed by atoms with Crippen molar-refractivity contribution >= 4 is 11.9 Å². The second-order valence-corrected chi connectivity index (χ2v) is 7.92. The molecule has 0 radical (unpaired) electrons. The summed E-state index contributed by atoms with van der Waals surface area (Å²) in [6, 6.07) is 19.9. The number of hydrogen-bond donors (Lipinski definition) is 2. The van der Waals surface area contributed by atoms with Crippen molar-refractivity contribution in [1.29, 1.82) is 0 Å². The molecule has 0 saturated heterocycles. The second-order valence-electron chi connectivity index (χ2n) is 7.92. The van der Waals surface area contributed by atoms with Gasteiger partial charge in [0.25, 0.3) is 0 Å². The Morgan fingerprint density at radius 1 is 1.03 bits per heavy atom. The smallest absolute Gasteiger partial charge is 0.326 e. The highest BCUT2D eigenvalue weighted by Crippen LogP contribution is 2.41. The monoisotopic (exact) mass is 394 g/mol. The number of rotatable bonds is 9. The highest BCUT2D eigenvalue weighted by molar-refractivity contribution is 5.84. The molecule has 0 unspecified atom stereocenters. The number of amides is 1. The zero-order valence-corrected chi connectivity index (χ0v) is 17.2. The van der Waals surface area contributed by atoms with Gasteiger partial charge in [-0.1, -0.05) is 60.7 Å². The van der Waals surface area contributed by atoms with Crippen LogP contribution in [0.25, 0.3) is 0 Å². The van der Waals surface area contributed by atoms with Gasteiger partial charge in [0.1, 0.15) is 5.54 Å². The topological polar surface area (TPSA) is 67.4 Å². The Morgan fingerprint density at radius 2 is 1.66 bits per heavy atom. The molecular formula is C24H30N2O3. The normalized spacial score (nSPS) is 16.9. The zero-order valence-electron chi connectivity index (χ0n) is 17.2. The Labute approximate surface area is 172 Å². The van der Waals surface area contributed by atoms with Gasteiger partial charge in [0.05, 0.1) is 18.7 Å². The minimum Gasteiger partial charge on any atom is -0.465 e. The zero-order chi connectivity index (χ0) is 20.7. The predicted molar refractivity (Wildman–Crippen MR) is 113 cm³/mol. The summed E-state index contributed by atoms with van der Waals surface area (Å²) in [4.78, 5) is 25.4. The number of esters is 1. The lowest BCUT2D eigenvalue weighted by Crippen LogP contribution is -2.58. The third-order valence-corrected chi connectivity index (χ3v) is 5.68. The number of hydrogen-bond acceptors (Lipinski definition) is 4. The summed E-state index contributed by atoms with van der Waals surface area (Å²) in [5, 5.41) is 6.36. The Balaban J connectivity index is 1.67. The molecule has 5 heteroatoms. The summed E-state index contributed by atoms with van der Waals surface area (Å²) >= 11 is 0. The SMILES string of the molecule is CCOC(=O)[C@@](C)(Cc1ccccc1)NCC(=O)NC1(c2ccccc2)CCC1. The molecule has 154 valence electrons. The lowest BCUT2D eigenvalue weighted by Gasteiger charge is -2.43. The summed E-state index contributed by atoms with van der Waals surface area (Å²) in [6.45, 7) is 3.93. The third-order valence-electron chi connectivity index (χ3n) is 5.68. The van der Waals surface area contributed by atoms with Crippen LogP contribution in [0.1, 0.15) is 44.2 Å². The summed E-state index contributed by atoms with van der Waals surface area (Å²) in [6.07, 6.45) is 3.41. The van der Waals surface area contributed by atoms with Crippen LogP contribution in [0, 0.1) is 0 Å². The molecule has 1 fully saturated rings. The minimum atomic E-state index is -0.978. The fraction of sp³-hybridized carbons (Fsp3) is 0.417. The van der Waals surface area contributed by atoms with Crippen LogP contribution in [-0.4, -0.2) is 30.6 Å². The van der Waals surface area contributed by atoms with Crippen molar-refractivity contribution in [2.45, 2.75) is 50.6 Å². The first-order valence-electron chi connectivity index (χ1n) is 10.3. The lowest BCUT2D eigenvalue weighted by atomic mass is 9.72. The van der Waals surface area contributed by atoms with E-state index in [0.717, 1.165) is 30.4 Å². The van der Waals surface area contributed by atoms with Gasteiger partial charge in [0.2, 0.25) is 5.91 Å². The summed E-state index contributed by atoms with van der Waals surface area (Å²) in [7, 11) is 0. The van der Waals surface area contributed by atoms with Crippen LogP contribution < -0.4 is 10.6 Å². The number of nitrogens with one attached hydrogen (secondary N) is 2. The van der Waals surface area contributed by atoms with Gasteiger partial charge in [-0.25, -0.2) is 0 Å². The molecule has 1 atom stereocenters. The van der Waals surface area contributed by atoms with E-state index in [1.54, 1.807) is 13.8 Å². The molecule has 0 aromatic heterocycles. The van der Waals surface area contributed by atoms with Gasteiger partial charge in [0, 0.05) is 6.42 Å². The maximum atomic E-state index is 12.8. The van der Waals surface area contributed by atoms with Crippen molar-refractivity contribution in [2.75, 3.05) is 13.2 Å². The first kappa shape index (κ1) is 21.1. The largest absolute Gasteiger partial charge is 0.465 e. The van der Waals surface area contributed by atoms with E-state index in [1.165, 1.54) is 0 Å². The van der Waals surface area contributed by atoms with Gasteiger partial charge in [0.15, 0.2) is 0 Å². The highest BCUT2D eigenvalue weighted by Gasteiger charge is 2.41. The van der Waals surface area contributed by atoms with Crippen molar-refractivity contribution in [3.8, 4) is 0 Å². The van der Waals surface area contributed by atoms with Gasteiger partial charge in [-0.3, -0.25) is 14.9 Å². The van der Waals surface area contributed by atoms with Crippen LogP contribution in [0.3, 0.4) is 0 Å². The molecule has 0 aliphatic heterocycles. The van der Waals surface area contributed by atoms with E-state index in [9.17, 15) is 9.59 Å². The average molecular weight is 395 g/mol. The molecule has 1 saturated carbocycles. The number of carbonyl (C=O) groups excluding carboxylic acids is 2. The highest BCUT2D eigenvalue weighted by atomic mass is 16.5. The van der Waals surface area contributed by atoms with E-state index in [2.05, 4.69) is 22.8 Å². The summed E-state index contributed by atoms with van der Waals surface area (Å²) in [5.41, 5.74) is 0.876. The van der Waals surface area contributed by atoms with Crippen molar-refractivity contribution in [3.63, 3.8) is 0 Å². The van der Waals surface area contributed by atoms with Crippen molar-refractivity contribution < 1.29 is 14.3 Å². The van der Waals surface area contributed by atoms with Gasteiger partial charge < -0.3 is 10.1 Å².